The number of nitrogens with zero attached hydrogens (tertiary/aromatic N) is 4. The smallest absolute Gasteiger partial charge is 0.334 e. The van der Waals surface area contributed by atoms with Crippen LogP contribution in [0.15, 0.2) is 40.1 Å². The van der Waals surface area contributed by atoms with Crippen molar-refractivity contribution in [3.8, 4) is 5.82 Å². The molecule has 2 saturated heterocycles. The zero-order chi connectivity index (χ0) is 18.6. The summed E-state index contributed by atoms with van der Waals surface area (Å²) in [5.41, 5.74) is 1.73. The van der Waals surface area contributed by atoms with E-state index in [1.54, 1.807) is 4.68 Å². The third kappa shape index (κ3) is 2.59. The normalized spacial score (nSPS) is 18.8. The summed E-state index contributed by atoms with van der Waals surface area (Å²) in [5.74, 6) is 0.527. The molecule has 2 aromatic heterocycles. The van der Waals surface area contributed by atoms with E-state index >= 15 is 0 Å². The van der Waals surface area contributed by atoms with E-state index in [1.165, 1.54) is 35.4 Å². The van der Waals surface area contributed by atoms with Gasteiger partial charge in [-0.15, -0.1) is 0 Å². The van der Waals surface area contributed by atoms with Gasteiger partial charge in [0.2, 0.25) is 0 Å². The zero-order valence-corrected chi connectivity index (χ0v) is 15.2. The van der Waals surface area contributed by atoms with Crippen molar-refractivity contribution in [2.75, 3.05) is 31.1 Å². The molecule has 8 heteroatoms. The van der Waals surface area contributed by atoms with E-state index in [0.29, 0.717) is 11.2 Å². The summed E-state index contributed by atoms with van der Waals surface area (Å²) < 4.78 is 3.16. The van der Waals surface area contributed by atoms with Crippen LogP contribution in [0.2, 0.25) is 0 Å². The number of H-pyrrole nitrogens is 1. The Bertz CT molecular complexity index is 1130. The lowest BCUT2D eigenvalue weighted by atomic mass is 9.72. The summed E-state index contributed by atoms with van der Waals surface area (Å²) in [6.45, 7) is 4.44. The Morgan fingerprint density at radius 3 is 2.63 bits per heavy atom. The van der Waals surface area contributed by atoms with Gasteiger partial charge in [0, 0.05) is 48.9 Å². The van der Waals surface area contributed by atoms with Crippen LogP contribution in [0.4, 0.5) is 5.69 Å². The van der Waals surface area contributed by atoms with Gasteiger partial charge < -0.3 is 10.2 Å². The highest BCUT2D eigenvalue weighted by Gasteiger charge is 2.43. The van der Waals surface area contributed by atoms with E-state index in [4.69, 9.17) is 0 Å². The van der Waals surface area contributed by atoms with Gasteiger partial charge in [0.15, 0.2) is 5.82 Å². The first-order chi connectivity index (χ1) is 13.0. The van der Waals surface area contributed by atoms with Crippen molar-refractivity contribution in [1.29, 1.82) is 0 Å². The maximum atomic E-state index is 12.1. The molecule has 2 N–H and O–H groups in total. The van der Waals surface area contributed by atoms with Crippen LogP contribution in [0.25, 0.3) is 16.7 Å². The van der Waals surface area contributed by atoms with Crippen LogP contribution in [0.5, 0.6) is 0 Å². The van der Waals surface area contributed by atoms with E-state index in [0.717, 1.165) is 37.1 Å². The maximum absolute atomic E-state index is 12.1. The molecule has 0 saturated carbocycles. The highest BCUT2D eigenvalue weighted by atomic mass is 16.2. The molecule has 2 aliphatic heterocycles. The van der Waals surface area contributed by atoms with Crippen LogP contribution in [0, 0.1) is 5.41 Å². The summed E-state index contributed by atoms with van der Waals surface area (Å²) in [6, 6.07) is 7.57. The van der Waals surface area contributed by atoms with Gasteiger partial charge in [-0.05, 0) is 44.1 Å². The summed E-state index contributed by atoms with van der Waals surface area (Å²) in [6.07, 6.45) is 3.96. The topological polar surface area (TPSA) is 88.0 Å². The van der Waals surface area contributed by atoms with Gasteiger partial charge in [-0.2, -0.15) is 5.10 Å². The molecular weight excluding hydrogens is 344 g/mol. The summed E-state index contributed by atoms with van der Waals surface area (Å²) in [4.78, 5) is 28.2. The lowest BCUT2D eigenvalue weighted by molar-refractivity contribution is 0.150. The van der Waals surface area contributed by atoms with Crippen LogP contribution < -0.4 is 21.5 Å². The molecule has 27 heavy (non-hydrogen) atoms. The molecule has 0 bridgehead atoms. The van der Waals surface area contributed by atoms with Crippen LogP contribution in [0.1, 0.15) is 12.8 Å². The Hall–Kier alpha value is -2.87. The minimum atomic E-state index is -0.484. The third-order valence-corrected chi connectivity index (χ3v) is 5.95. The van der Waals surface area contributed by atoms with Crippen molar-refractivity contribution >= 4 is 16.6 Å². The highest BCUT2D eigenvalue weighted by molar-refractivity contribution is 5.89. The van der Waals surface area contributed by atoms with Crippen molar-refractivity contribution in [2.24, 2.45) is 12.5 Å². The Kier molecular flexibility index (Phi) is 3.51. The van der Waals surface area contributed by atoms with Gasteiger partial charge in [-0.3, -0.25) is 19.0 Å². The first-order valence-electron chi connectivity index (χ1n) is 9.30. The number of fused-ring (bicyclic) bond motifs is 1. The van der Waals surface area contributed by atoms with Gasteiger partial charge in [0.05, 0.1) is 5.52 Å². The molecule has 0 radical (unpaired) electrons. The standard InChI is InChI=1S/C19H22N6O2/c1-23-15-10-13(24-11-19(12-24)5-7-20-8-6-19)2-3-14(15)17(22-23)25-9-4-16(26)21-18(25)27/h2-4,9-10,20H,5-8,11-12H2,1H3,(H,21,26,27). The molecule has 3 aromatic rings. The van der Waals surface area contributed by atoms with Crippen molar-refractivity contribution in [1.82, 2.24) is 24.6 Å². The Balaban J connectivity index is 1.50. The van der Waals surface area contributed by atoms with E-state index in [-0.39, 0.29) is 0 Å². The van der Waals surface area contributed by atoms with Gasteiger partial charge in [-0.1, -0.05) is 0 Å². The summed E-state index contributed by atoms with van der Waals surface area (Å²) in [5, 5.41) is 8.83. The first-order valence-corrected chi connectivity index (χ1v) is 9.30. The van der Waals surface area contributed by atoms with Gasteiger partial charge in [0.25, 0.3) is 5.56 Å². The van der Waals surface area contributed by atoms with E-state index in [2.05, 4.69) is 32.4 Å². The lowest BCUT2D eigenvalue weighted by Crippen LogP contribution is -2.60. The van der Waals surface area contributed by atoms with Crippen molar-refractivity contribution in [3.63, 3.8) is 0 Å². The largest absolute Gasteiger partial charge is 0.370 e. The Morgan fingerprint density at radius 1 is 1.11 bits per heavy atom. The van der Waals surface area contributed by atoms with Crippen molar-refractivity contribution < 1.29 is 0 Å². The number of hydrogen-bond donors (Lipinski definition) is 2. The number of aromatic nitrogens is 4. The number of aromatic amines is 1. The zero-order valence-electron chi connectivity index (χ0n) is 15.2. The molecule has 2 fully saturated rings. The van der Waals surface area contributed by atoms with E-state index in [1.807, 2.05) is 13.1 Å². The molecule has 2 aliphatic rings. The van der Waals surface area contributed by atoms with Gasteiger partial charge in [0.1, 0.15) is 0 Å². The lowest BCUT2D eigenvalue weighted by Gasteiger charge is -2.53. The molecule has 1 spiro atoms. The SMILES string of the molecule is Cn1nc(-n2ccc(=O)[nH]c2=O)c2ccc(N3CC4(CCNCC4)C3)cc21. The first kappa shape index (κ1) is 16.3. The molecular formula is C19H22N6O2. The monoisotopic (exact) mass is 366 g/mol. The number of hydrogen-bond acceptors (Lipinski definition) is 5. The van der Waals surface area contributed by atoms with Crippen molar-refractivity contribution in [3.05, 3.63) is 51.3 Å². The molecule has 0 amide bonds. The number of nitrogens with one attached hydrogen (secondary N) is 2. The third-order valence-electron chi connectivity index (χ3n) is 5.95. The molecule has 0 atom stereocenters. The average molecular weight is 366 g/mol. The summed E-state index contributed by atoms with van der Waals surface area (Å²) >= 11 is 0. The number of piperidine rings is 1. The molecule has 4 heterocycles. The molecule has 0 unspecified atom stereocenters. The fourth-order valence-electron chi connectivity index (χ4n) is 4.40. The minimum absolute atomic E-state index is 0.414. The number of rotatable bonds is 2. The van der Waals surface area contributed by atoms with E-state index < -0.39 is 11.2 Å². The minimum Gasteiger partial charge on any atom is -0.370 e. The van der Waals surface area contributed by atoms with Gasteiger partial charge >= 0.3 is 5.69 Å². The second-order valence-electron chi connectivity index (χ2n) is 7.73. The van der Waals surface area contributed by atoms with Crippen LogP contribution in [-0.4, -0.2) is 45.5 Å². The fourth-order valence-corrected chi connectivity index (χ4v) is 4.40. The van der Waals surface area contributed by atoms with Crippen LogP contribution >= 0.6 is 0 Å². The van der Waals surface area contributed by atoms with E-state index in [9.17, 15) is 9.59 Å². The van der Waals surface area contributed by atoms with Crippen LogP contribution in [0.3, 0.4) is 0 Å². The van der Waals surface area contributed by atoms with Crippen LogP contribution in [-0.2, 0) is 7.05 Å². The van der Waals surface area contributed by atoms with Gasteiger partial charge in [-0.25, -0.2) is 4.79 Å². The second kappa shape index (κ2) is 5.82. The molecule has 140 valence electrons. The fraction of sp³-hybridized carbons (Fsp3) is 0.421. The molecule has 8 nitrogen and oxygen atoms in total. The average Bonchev–Trinajstić information content (AvgIpc) is 2.96. The molecule has 1 aromatic carbocycles. The second-order valence-corrected chi connectivity index (χ2v) is 7.73. The predicted octanol–water partition coefficient (Wildman–Crippen LogP) is 0.602. The quantitative estimate of drug-likeness (QED) is 0.694. The Morgan fingerprint density at radius 2 is 1.89 bits per heavy atom. The maximum Gasteiger partial charge on any atom is 0.334 e. The molecule has 5 rings (SSSR count). The molecule has 0 aliphatic carbocycles. The predicted molar refractivity (Wildman–Crippen MR) is 104 cm³/mol. The summed E-state index contributed by atoms with van der Waals surface area (Å²) in [7, 11) is 1.87. The van der Waals surface area contributed by atoms with Crippen molar-refractivity contribution in [2.45, 2.75) is 12.8 Å². The number of anilines is 1. The Labute approximate surface area is 155 Å². The highest BCUT2D eigenvalue weighted by Crippen LogP contribution is 2.41. The number of benzene rings is 1. The number of aryl methyl sites for hydroxylation is 1.